The fourth-order valence-electron chi connectivity index (χ4n) is 1.19. The highest BCUT2D eigenvalue weighted by Gasteiger charge is 2.17. The molecule has 0 fully saturated rings. The number of carbonyl (C=O) groups excluding carboxylic acids is 1. The first kappa shape index (κ1) is 9.85. The molecule has 0 radical (unpaired) electrons. The van der Waals surface area contributed by atoms with Crippen LogP contribution in [0, 0.1) is 6.92 Å². The molecule has 0 aromatic carbocycles. The zero-order valence-corrected chi connectivity index (χ0v) is 9.09. The van der Waals surface area contributed by atoms with Crippen LogP contribution in [0.2, 0.25) is 0 Å². The molecule has 0 bridgehead atoms. The smallest absolute Gasteiger partial charge is 0.356 e. The van der Waals surface area contributed by atoms with E-state index >= 15 is 0 Å². The Morgan fingerprint density at radius 1 is 1.53 bits per heavy atom. The molecular weight excluding hydrogens is 214 g/mol. The highest BCUT2D eigenvalue weighted by atomic mass is 32.1. The molecule has 6 heteroatoms. The fourth-order valence-corrected chi connectivity index (χ4v) is 1.97. The number of aryl methyl sites for hydroxylation is 1. The average molecular weight is 223 g/mol. The molecule has 0 aliphatic rings. The summed E-state index contributed by atoms with van der Waals surface area (Å²) in [6, 6.07) is 0. The number of hydrogen-bond donors (Lipinski definition) is 1. The van der Waals surface area contributed by atoms with E-state index < -0.39 is 5.97 Å². The summed E-state index contributed by atoms with van der Waals surface area (Å²) < 4.78 is 4.63. The van der Waals surface area contributed by atoms with Crippen LogP contribution in [0.15, 0.2) is 12.4 Å². The van der Waals surface area contributed by atoms with Crippen LogP contribution in [0.3, 0.4) is 0 Å². The molecule has 0 atom stereocenters. The van der Waals surface area contributed by atoms with Crippen molar-refractivity contribution in [3.8, 4) is 10.6 Å². The molecule has 0 unspecified atom stereocenters. The molecule has 78 valence electrons. The largest absolute Gasteiger partial charge is 0.464 e. The minimum Gasteiger partial charge on any atom is -0.464 e. The van der Waals surface area contributed by atoms with E-state index in [2.05, 4.69) is 19.9 Å². The van der Waals surface area contributed by atoms with Gasteiger partial charge in [-0.05, 0) is 6.92 Å². The lowest BCUT2D eigenvalue weighted by Gasteiger charge is -1.96. The average Bonchev–Trinajstić information content (AvgIpc) is 2.84. The number of H-pyrrole nitrogens is 1. The zero-order chi connectivity index (χ0) is 10.8. The van der Waals surface area contributed by atoms with Gasteiger partial charge in [-0.15, -0.1) is 11.3 Å². The zero-order valence-electron chi connectivity index (χ0n) is 8.27. The number of ether oxygens (including phenoxy) is 1. The van der Waals surface area contributed by atoms with E-state index in [0.29, 0.717) is 11.3 Å². The minimum absolute atomic E-state index is 0.340. The van der Waals surface area contributed by atoms with Crippen molar-refractivity contribution in [2.45, 2.75) is 6.92 Å². The number of aromatic amines is 1. The first-order chi connectivity index (χ1) is 7.22. The van der Waals surface area contributed by atoms with E-state index in [-0.39, 0.29) is 0 Å². The van der Waals surface area contributed by atoms with E-state index in [1.54, 1.807) is 12.4 Å². The van der Waals surface area contributed by atoms with Gasteiger partial charge in [-0.3, -0.25) is 5.10 Å². The first-order valence-corrected chi connectivity index (χ1v) is 5.08. The Morgan fingerprint density at radius 2 is 2.33 bits per heavy atom. The third kappa shape index (κ3) is 1.75. The van der Waals surface area contributed by atoms with Gasteiger partial charge >= 0.3 is 5.97 Å². The molecule has 2 heterocycles. The molecule has 2 aromatic rings. The molecule has 0 aliphatic heterocycles. The maximum absolute atomic E-state index is 11.4. The topological polar surface area (TPSA) is 67.9 Å². The summed E-state index contributed by atoms with van der Waals surface area (Å²) in [4.78, 5) is 16.6. The van der Waals surface area contributed by atoms with E-state index in [1.807, 2.05) is 6.92 Å². The summed E-state index contributed by atoms with van der Waals surface area (Å²) in [5.41, 5.74) is 1.02. The second-order valence-electron chi connectivity index (χ2n) is 2.93. The number of nitrogens with one attached hydrogen (secondary N) is 1. The number of methoxy groups -OCH3 is 1. The first-order valence-electron chi connectivity index (χ1n) is 4.27. The lowest BCUT2D eigenvalue weighted by atomic mass is 10.2. The summed E-state index contributed by atoms with van der Waals surface area (Å²) in [6.07, 6.45) is 3.33. The number of nitrogens with zero attached hydrogens (tertiary/aromatic N) is 2. The standard InChI is InChI=1S/C9H9N3O2S/c1-5-3-10-8(15-5)6-4-11-12-7(6)9(13)14-2/h3-4H,1-2H3,(H,11,12). The predicted octanol–water partition coefficient (Wildman–Crippen LogP) is 1.63. The van der Waals surface area contributed by atoms with E-state index in [1.165, 1.54) is 18.4 Å². The molecule has 0 spiro atoms. The van der Waals surface area contributed by atoms with Crippen molar-refractivity contribution < 1.29 is 9.53 Å². The number of thiazole rings is 1. The minimum atomic E-state index is -0.435. The van der Waals surface area contributed by atoms with Crippen LogP contribution < -0.4 is 0 Å². The number of aromatic nitrogens is 3. The summed E-state index contributed by atoms with van der Waals surface area (Å²) in [6.45, 7) is 1.96. The lowest BCUT2D eigenvalue weighted by molar-refractivity contribution is 0.0595. The van der Waals surface area contributed by atoms with Crippen molar-refractivity contribution in [3.63, 3.8) is 0 Å². The van der Waals surface area contributed by atoms with Crippen molar-refractivity contribution in [2.75, 3.05) is 7.11 Å². The lowest BCUT2D eigenvalue weighted by Crippen LogP contribution is -2.03. The molecule has 0 amide bonds. The number of rotatable bonds is 2. The summed E-state index contributed by atoms with van der Waals surface area (Å²) in [5.74, 6) is -0.435. The predicted molar refractivity (Wildman–Crippen MR) is 55.8 cm³/mol. The second-order valence-corrected chi connectivity index (χ2v) is 4.16. The summed E-state index contributed by atoms with van der Waals surface area (Å²) >= 11 is 1.51. The van der Waals surface area contributed by atoms with Crippen molar-refractivity contribution in [3.05, 3.63) is 23.0 Å². The van der Waals surface area contributed by atoms with Crippen LogP contribution in [0.4, 0.5) is 0 Å². The summed E-state index contributed by atoms with van der Waals surface area (Å²) in [5, 5.41) is 7.19. The molecule has 0 saturated heterocycles. The Morgan fingerprint density at radius 3 is 2.93 bits per heavy atom. The molecule has 1 N–H and O–H groups in total. The van der Waals surface area contributed by atoms with E-state index in [9.17, 15) is 4.79 Å². The SMILES string of the molecule is COC(=O)c1[nH]ncc1-c1ncc(C)s1. The van der Waals surface area contributed by atoms with Gasteiger partial charge in [0.1, 0.15) is 5.01 Å². The van der Waals surface area contributed by atoms with Crippen LogP contribution in [0.1, 0.15) is 15.4 Å². The maximum Gasteiger partial charge on any atom is 0.356 e. The normalized spacial score (nSPS) is 10.3. The van der Waals surface area contributed by atoms with Crippen LogP contribution in [-0.4, -0.2) is 28.3 Å². The van der Waals surface area contributed by atoms with Crippen LogP contribution in [0.25, 0.3) is 10.6 Å². The number of esters is 1. The Labute approximate surface area is 90.1 Å². The van der Waals surface area contributed by atoms with Crippen molar-refractivity contribution >= 4 is 17.3 Å². The van der Waals surface area contributed by atoms with Crippen molar-refractivity contribution in [2.24, 2.45) is 0 Å². The van der Waals surface area contributed by atoms with Crippen LogP contribution in [-0.2, 0) is 4.74 Å². The Balaban J connectivity index is 2.45. The third-order valence-corrected chi connectivity index (χ3v) is 2.83. The maximum atomic E-state index is 11.4. The molecule has 5 nitrogen and oxygen atoms in total. The van der Waals surface area contributed by atoms with E-state index in [4.69, 9.17) is 0 Å². The van der Waals surface area contributed by atoms with Gasteiger partial charge in [0.05, 0.1) is 18.9 Å². The highest BCUT2D eigenvalue weighted by Crippen LogP contribution is 2.26. The van der Waals surface area contributed by atoms with E-state index in [0.717, 1.165) is 9.88 Å². The molecule has 2 aromatic heterocycles. The van der Waals surface area contributed by atoms with Crippen molar-refractivity contribution in [1.82, 2.24) is 15.2 Å². The van der Waals surface area contributed by atoms with Gasteiger partial charge in [-0.25, -0.2) is 9.78 Å². The third-order valence-electron chi connectivity index (χ3n) is 1.88. The van der Waals surface area contributed by atoms with Gasteiger partial charge in [0.15, 0.2) is 5.69 Å². The highest BCUT2D eigenvalue weighted by molar-refractivity contribution is 7.15. The number of hydrogen-bond acceptors (Lipinski definition) is 5. The molecule has 0 aliphatic carbocycles. The Kier molecular flexibility index (Phi) is 2.51. The van der Waals surface area contributed by atoms with Gasteiger partial charge in [-0.1, -0.05) is 0 Å². The molecule has 15 heavy (non-hydrogen) atoms. The summed E-state index contributed by atoms with van der Waals surface area (Å²) in [7, 11) is 1.33. The van der Waals surface area contributed by atoms with Gasteiger partial charge in [0.2, 0.25) is 0 Å². The Bertz CT molecular complexity index is 489. The van der Waals surface area contributed by atoms with Gasteiger partial charge in [0, 0.05) is 11.1 Å². The van der Waals surface area contributed by atoms with Gasteiger partial charge in [-0.2, -0.15) is 5.10 Å². The van der Waals surface area contributed by atoms with Crippen LogP contribution in [0.5, 0.6) is 0 Å². The molecule has 0 saturated carbocycles. The quantitative estimate of drug-likeness (QED) is 0.786. The second kappa shape index (κ2) is 3.82. The molecule has 2 rings (SSSR count). The monoisotopic (exact) mass is 223 g/mol. The van der Waals surface area contributed by atoms with Gasteiger partial charge < -0.3 is 4.74 Å². The molecular formula is C9H9N3O2S. The van der Waals surface area contributed by atoms with Gasteiger partial charge in [0.25, 0.3) is 0 Å². The van der Waals surface area contributed by atoms with Crippen molar-refractivity contribution in [1.29, 1.82) is 0 Å². The number of carbonyl (C=O) groups is 1. The Hall–Kier alpha value is -1.69. The fraction of sp³-hybridized carbons (Fsp3) is 0.222. The van der Waals surface area contributed by atoms with Crippen LogP contribution >= 0.6 is 11.3 Å².